The number of rotatable bonds is 59. The van der Waals surface area contributed by atoms with E-state index in [0.717, 1.165) is 11.8 Å². The maximum atomic E-state index is 15.0. The SMILES string of the molecule is C[C@@H](CSCC(=O)OCCOCn1cnc2c(=O)[nH]c(N)nc21)C(=O)C[C@H](CCCN=C(N)N)C(=O)C[C@H](CCCN=C(N)N)C(=O)C[C@H](CCCN=C(N)N)C(=O)C[C@H](CCCN=C(N)N)C(=O)C[C@H](CCCN=C(N)N)C(=O)C[C@H](CCCN=C(N)N)C(=O)C[C@H](CCCN=C(N)N)C(N)=O.O=C(O)C(F)(F)F. The minimum atomic E-state index is -5.08. The number of carbonyl (C=O) groups is 10. The number of carboxylic acid groups (broad SMARTS) is 1. The van der Waals surface area contributed by atoms with Crippen molar-refractivity contribution in [2.24, 2.45) is 168 Å². The number of esters is 1. The highest BCUT2D eigenvalue weighted by atomic mass is 32.2. The Bertz CT molecular complexity index is 3580. The fourth-order valence-corrected chi connectivity index (χ4v) is 12.1. The number of ether oxygens (including phenoxy) is 2. The standard InChI is InChI=1S/C63H111N27O12S.C2HF3O2/c1-36(32-103-33-51(98)102-24-23-101-35-90-34-87-52-54(90)88-63(79)89-55(52)100)44(91)25-37(9-2-16-80-56(65)66)45(92)26-38(10-3-17-81-57(67)68)46(93)27-39(11-4-18-82-58(69)70)47(94)28-40(12-5-19-83-59(71)72)48(95)29-41(13-6-20-84-60(73)74)49(96)30-42(14-7-21-85-61(75)76)50(97)31-43(53(64)99)15-8-22-86-62(77)78;3-2(4,5)1(6)7/h34,36-43H,2-33,35H2,1H3,(H2,64,99)(H4,65,66,80)(H4,67,68,81)(H4,69,70,82)(H4,71,72,83)(H4,73,74,84)(H4,75,76,85)(H4,77,78,86)(H3,79,88,89,100);(H,6,7)/t36-,37-,38-,39-,40-,41-,42-,43-;/m0./s1. The minimum Gasteiger partial charge on any atom is -0.475 e. The molecule has 45 heteroatoms. The van der Waals surface area contributed by atoms with Gasteiger partial charge < -0.3 is 106 Å². The Morgan fingerprint density at radius 2 is 0.764 bits per heavy atom. The van der Waals surface area contributed by atoms with Gasteiger partial charge in [-0.05, 0) is 89.9 Å². The third-order valence-corrected chi connectivity index (χ3v) is 18.1. The Kier molecular flexibility index (Phi) is 47.0. The topological polar surface area (TPSA) is 776 Å². The van der Waals surface area contributed by atoms with Crippen molar-refractivity contribution >= 4 is 129 Å². The number of nitrogens with zero attached hydrogens (tertiary/aromatic N) is 10. The van der Waals surface area contributed by atoms with Gasteiger partial charge in [0, 0.05) is 144 Å². The fraction of sp³-hybridized carbons (Fsp3) is 0.662. The van der Waals surface area contributed by atoms with Crippen LogP contribution in [0.4, 0.5) is 19.1 Å². The highest BCUT2D eigenvalue weighted by molar-refractivity contribution is 7.99. The first-order chi connectivity index (χ1) is 51.7. The number of aliphatic imine (C=N–C) groups is 7. The number of carboxylic acids is 1. The summed E-state index contributed by atoms with van der Waals surface area (Å²) >= 11 is 1.15. The molecule has 0 unspecified atom stereocenters. The predicted octanol–water partition coefficient (Wildman–Crippen LogP) is -2.89. The molecule has 41 nitrogen and oxygen atoms in total. The van der Waals surface area contributed by atoms with Crippen molar-refractivity contribution in [2.45, 2.75) is 155 Å². The van der Waals surface area contributed by atoms with Crippen molar-refractivity contribution in [2.75, 3.05) is 76.3 Å². The molecule has 0 saturated heterocycles. The number of hydrogen-bond donors (Lipinski definition) is 18. The number of aromatic amines is 1. The maximum Gasteiger partial charge on any atom is 0.490 e. The molecule has 0 aliphatic heterocycles. The lowest BCUT2D eigenvalue weighted by atomic mass is 9.78. The summed E-state index contributed by atoms with van der Waals surface area (Å²) in [7, 11) is 0. The molecule has 2 aromatic heterocycles. The Morgan fingerprint density at radius 1 is 0.482 bits per heavy atom. The number of H-pyrrole nitrogens is 1. The number of thioether (sulfide) groups is 1. The fourth-order valence-electron chi connectivity index (χ4n) is 11.2. The molecule has 0 aliphatic carbocycles. The Labute approximate surface area is 637 Å². The number of Topliss-reactive ketones (excluding diaryl/α,β-unsaturated/α-hetero) is 7. The summed E-state index contributed by atoms with van der Waals surface area (Å²) < 4.78 is 44.1. The molecular formula is C65H112F3N27O14S. The molecule has 0 aromatic carbocycles. The number of aromatic nitrogens is 4. The van der Waals surface area contributed by atoms with Crippen LogP contribution in [0.3, 0.4) is 0 Å². The number of halogens is 3. The van der Waals surface area contributed by atoms with Gasteiger partial charge in [-0.25, -0.2) is 9.78 Å². The zero-order valence-corrected chi connectivity index (χ0v) is 62.9. The number of nitrogen functional groups attached to an aromatic ring is 1. The molecule has 8 atom stereocenters. The molecule has 618 valence electrons. The highest BCUT2D eigenvalue weighted by Crippen LogP contribution is 2.31. The van der Waals surface area contributed by atoms with Gasteiger partial charge in [0.15, 0.2) is 52.9 Å². The van der Waals surface area contributed by atoms with Crippen LogP contribution in [0.25, 0.3) is 11.2 Å². The molecule has 2 rings (SSSR count). The van der Waals surface area contributed by atoms with Gasteiger partial charge in [-0.1, -0.05) is 6.92 Å². The van der Waals surface area contributed by atoms with Crippen molar-refractivity contribution in [1.29, 1.82) is 0 Å². The Hall–Kier alpha value is -10.8. The van der Waals surface area contributed by atoms with E-state index in [1.165, 1.54) is 10.9 Å². The lowest BCUT2D eigenvalue weighted by Crippen LogP contribution is -2.32. The monoisotopic (exact) mass is 1580 g/mol. The van der Waals surface area contributed by atoms with Crippen LogP contribution in [0.2, 0.25) is 0 Å². The first-order valence-electron chi connectivity index (χ1n) is 35.4. The molecule has 2 aromatic rings. The zero-order chi connectivity index (χ0) is 83.1. The highest BCUT2D eigenvalue weighted by Gasteiger charge is 2.39. The van der Waals surface area contributed by atoms with Crippen LogP contribution < -0.4 is 97.3 Å². The Morgan fingerprint density at radius 3 is 1.05 bits per heavy atom. The average Bonchev–Trinajstić information content (AvgIpc) is 1.65. The number of fused-ring (bicyclic) bond motifs is 1. The summed E-state index contributed by atoms with van der Waals surface area (Å²) in [6, 6.07) is 0. The Balaban J connectivity index is 0.00000820. The molecule has 2 heterocycles. The molecule has 1 amide bonds. The van der Waals surface area contributed by atoms with E-state index in [1.54, 1.807) is 6.92 Å². The first-order valence-corrected chi connectivity index (χ1v) is 36.6. The van der Waals surface area contributed by atoms with E-state index in [9.17, 15) is 56.3 Å². The number of alkyl halides is 3. The number of ketones is 7. The number of carbonyl (C=O) groups excluding carboxylic acids is 9. The van der Waals surface area contributed by atoms with E-state index in [-0.39, 0.29) is 251 Å². The molecule has 34 N–H and O–H groups in total. The van der Waals surface area contributed by atoms with Gasteiger partial charge in [0.2, 0.25) is 11.9 Å². The van der Waals surface area contributed by atoms with E-state index in [4.69, 9.17) is 111 Å². The van der Waals surface area contributed by atoms with Gasteiger partial charge in [-0.2, -0.15) is 18.2 Å². The zero-order valence-electron chi connectivity index (χ0n) is 62.0. The van der Waals surface area contributed by atoms with Gasteiger partial charge in [0.1, 0.15) is 53.8 Å². The van der Waals surface area contributed by atoms with E-state index in [0.29, 0.717) is 6.42 Å². The number of anilines is 1. The molecule has 0 radical (unpaired) electrons. The number of aliphatic carboxylic acids is 1. The summed E-state index contributed by atoms with van der Waals surface area (Å²) in [4.78, 5) is 188. The third kappa shape index (κ3) is 43.9. The molecule has 0 bridgehead atoms. The van der Waals surface area contributed by atoms with E-state index in [1.807, 2.05) is 0 Å². The quantitative estimate of drug-likeness (QED) is 0.0137. The number of guanidine groups is 7. The third-order valence-electron chi connectivity index (χ3n) is 16.9. The first kappa shape index (κ1) is 97.3. The number of nitrogens with one attached hydrogen (secondary N) is 1. The van der Waals surface area contributed by atoms with E-state index < -0.39 is 131 Å². The second kappa shape index (κ2) is 53.1. The lowest BCUT2D eigenvalue weighted by molar-refractivity contribution is -0.192. The smallest absolute Gasteiger partial charge is 0.475 e. The summed E-state index contributed by atoms with van der Waals surface area (Å²) in [6.45, 7) is 2.18. The number of nitrogens with two attached hydrogens (primary N) is 16. The van der Waals surface area contributed by atoms with Crippen molar-refractivity contribution in [3.8, 4) is 0 Å². The minimum absolute atomic E-state index is 0.00633. The number of hydrogen-bond acceptors (Lipinski definition) is 24. The van der Waals surface area contributed by atoms with Crippen molar-refractivity contribution in [3.63, 3.8) is 0 Å². The van der Waals surface area contributed by atoms with Crippen LogP contribution in [-0.4, -0.2) is 201 Å². The van der Waals surface area contributed by atoms with Crippen LogP contribution >= 0.6 is 11.8 Å². The lowest BCUT2D eigenvalue weighted by Gasteiger charge is -2.25. The van der Waals surface area contributed by atoms with E-state index in [2.05, 4.69) is 49.9 Å². The normalized spacial score (nSPS) is 13.3. The van der Waals surface area contributed by atoms with Crippen molar-refractivity contribution in [3.05, 3.63) is 16.7 Å². The summed E-state index contributed by atoms with van der Waals surface area (Å²) in [5.74, 6) is -16.2. The summed E-state index contributed by atoms with van der Waals surface area (Å²) in [5, 5.41) is 7.12. The van der Waals surface area contributed by atoms with Crippen molar-refractivity contribution < 1.29 is 75.7 Å². The van der Waals surface area contributed by atoms with Gasteiger partial charge in [-0.15, -0.1) is 11.8 Å². The number of imidazole rings is 1. The molecule has 0 aliphatic rings. The van der Waals surface area contributed by atoms with Crippen LogP contribution in [-0.2, 0) is 64.1 Å². The number of primary amides is 1. The average molecular weight is 1580 g/mol. The largest absolute Gasteiger partial charge is 0.490 e. The summed E-state index contributed by atoms with van der Waals surface area (Å²) in [5.41, 5.74) is 89.6. The molecular weight excluding hydrogens is 1470 g/mol. The maximum absolute atomic E-state index is 15.0. The van der Waals surface area contributed by atoms with Crippen LogP contribution in [0.15, 0.2) is 46.1 Å². The van der Waals surface area contributed by atoms with Gasteiger partial charge >= 0.3 is 18.1 Å². The van der Waals surface area contributed by atoms with Gasteiger partial charge in [-0.3, -0.25) is 92.4 Å². The molecule has 110 heavy (non-hydrogen) atoms. The second-order valence-electron chi connectivity index (χ2n) is 25.9. The molecule has 0 saturated carbocycles. The second-order valence-corrected chi connectivity index (χ2v) is 27.0. The predicted molar refractivity (Wildman–Crippen MR) is 410 cm³/mol. The van der Waals surface area contributed by atoms with Gasteiger partial charge in [0.05, 0.1) is 18.7 Å². The number of amides is 1. The van der Waals surface area contributed by atoms with Crippen LogP contribution in [0.5, 0.6) is 0 Å². The molecule has 0 spiro atoms. The molecule has 0 fully saturated rings. The van der Waals surface area contributed by atoms with Gasteiger partial charge in [0.25, 0.3) is 5.56 Å². The van der Waals surface area contributed by atoms with Crippen molar-refractivity contribution in [1.82, 2.24) is 19.5 Å². The summed E-state index contributed by atoms with van der Waals surface area (Å²) in [6.07, 6.45) is -3.76. The van der Waals surface area contributed by atoms with Crippen LogP contribution in [0.1, 0.15) is 142 Å². The van der Waals surface area contributed by atoms with Crippen LogP contribution in [0, 0.1) is 47.3 Å². The van der Waals surface area contributed by atoms with E-state index >= 15 is 4.79 Å².